The van der Waals surface area contributed by atoms with Gasteiger partial charge in [-0.1, -0.05) is 55.8 Å². The molecule has 2 aromatic rings. The number of nitrogens with zero attached hydrogens (tertiary/aromatic N) is 2. The molecule has 1 aromatic heterocycles. The molecule has 1 aromatic carbocycles. The summed E-state index contributed by atoms with van der Waals surface area (Å²) in [6, 6.07) is 7.61. The Labute approximate surface area is 124 Å². The average Bonchev–Trinajstić information content (AvgIpc) is 2.83. The topological polar surface area (TPSA) is 61.8 Å². The molecule has 2 N–H and O–H groups in total. The third-order valence-corrected chi connectivity index (χ3v) is 4.15. The molecule has 0 radical (unpaired) electrons. The lowest BCUT2D eigenvalue weighted by molar-refractivity contribution is -0.0576. The monoisotopic (exact) mass is 293 g/mol. The molecule has 0 aliphatic carbocycles. The van der Waals surface area contributed by atoms with Gasteiger partial charge in [0.2, 0.25) is 0 Å². The molecule has 1 heterocycles. The summed E-state index contributed by atoms with van der Waals surface area (Å²) in [7, 11) is 0. The van der Waals surface area contributed by atoms with Crippen LogP contribution >= 0.6 is 11.6 Å². The zero-order chi connectivity index (χ0) is 14.8. The first-order chi connectivity index (χ1) is 9.32. The van der Waals surface area contributed by atoms with Gasteiger partial charge in [-0.3, -0.25) is 5.10 Å². The van der Waals surface area contributed by atoms with Crippen molar-refractivity contribution in [1.29, 1.82) is 0 Å². The molecular formula is C15H20ClN3O. The van der Waals surface area contributed by atoms with Crippen molar-refractivity contribution >= 4 is 11.6 Å². The SMILES string of the molecule is CC(C)(C)C(O)(Cc1c[nH]nn1)Cc1ccccc1Cl. The highest BCUT2D eigenvalue weighted by Gasteiger charge is 2.41. The number of hydrogen-bond acceptors (Lipinski definition) is 3. The Hall–Kier alpha value is -1.39. The van der Waals surface area contributed by atoms with Crippen LogP contribution in [-0.4, -0.2) is 26.1 Å². The molecule has 2 rings (SSSR count). The van der Waals surface area contributed by atoms with E-state index >= 15 is 0 Å². The first-order valence-electron chi connectivity index (χ1n) is 6.63. The Balaban J connectivity index is 2.31. The van der Waals surface area contributed by atoms with Crippen LogP contribution in [0.25, 0.3) is 0 Å². The molecule has 0 saturated carbocycles. The molecule has 0 amide bonds. The highest BCUT2D eigenvalue weighted by Crippen LogP contribution is 2.37. The maximum atomic E-state index is 11.2. The summed E-state index contributed by atoms with van der Waals surface area (Å²) < 4.78 is 0. The fourth-order valence-electron chi connectivity index (χ4n) is 2.16. The van der Waals surface area contributed by atoms with Crippen LogP contribution in [0.1, 0.15) is 32.0 Å². The van der Waals surface area contributed by atoms with Crippen LogP contribution in [0.5, 0.6) is 0 Å². The van der Waals surface area contributed by atoms with Crippen molar-refractivity contribution in [3.8, 4) is 0 Å². The van der Waals surface area contributed by atoms with Crippen LogP contribution in [0.4, 0.5) is 0 Å². The molecule has 1 unspecified atom stereocenters. The van der Waals surface area contributed by atoms with Crippen molar-refractivity contribution in [1.82, 2.24) is 15.4 Å². The van der Waals surface area contributed by atoms with E-state index in [0.717, 1.165) is 11.3 Å². The molecule has 5 heteroatoms. The van der Waals surface area contributed by atoms with E-state index in [1.165, 1.54) is 0 Å². The standard InChI is InChI=1S/C15H20ClN3O/c1-14(2,3)15(20,9-12-10-17-19-18-12)8-11-6-4-5-7-13(11)16/h4-7,10,20H,8-9H2,1-3H3,(H,17,18,19). The summed E-state index contributed by atoms with van der Waals surface area (Å²) in [5.74, 6) is 0. The minimum Gasteiger partial charge on any atom is -0.389 e. The van der Waals surface area contributed by atoms with Crippen molar-refractivity contribution in [2.45, 2.75) is 39.2 Å². The van der Waals surface area contributed by atoms with E-state index in [1.807, 2.05) is 45.0 Å². The fourth-order valence-corrected chi connectivity index (χ4v) is 2.36. The summed E-state index contributed by atoms with van der Waals surface area (Å²) in [5.41, 5.74) is 0.421. The number of benzene rings is 1. The minimum absolute atomic E-state index is 0.314. The second-order valence-electron chi connectivity index (χ2n) is 6.19. The third kappa shape index (κ3) is 3.19. The fraction of sp³-hybridized carbons (Fsp3) is 0.467. The molecule has 20 heavy (non-hydrogen) atoms. The summed E-state index contributed by atoms with van der Waals surface area (Å²) >= 11 is 6.22. The summed E-state index contributed by atoms with van der Waals surface area (Å²) in [6.07, 6.45) is 2.62. The lowest BCUT2D eigenvalue weighted by atomic mass is 9.70. The molecule has 0 fully saturated rings. The maximum Gasteiger partial charge on any atom is 0.0853 e. The highest BCUT2D eigenvalue weighted by atomic mass is 35.5. The number of H-pyrrole nitrogens is 1. The summed E-state index contributed by atoms with van der Waals surface area (Å²) in [6.45, 7) is 6.05. The number of hydrogen-bond donors (Lipinski definition) is 2. The van der Waals surface area contributed by atoms with Gasteiger partial charge in [-0.15, -0.1) is 5.10 Å². The average molecular weight is 294 g/mol. The van der Waals surface area contributed by atoms with E-state index in [2.05, 4.69) is 15.4 Å². The van der Waals surface area contributed by atoms with Crippen LogP contribution in [0.15, 0.2) is 30.5 Å². The molecule has 0 spiro atoms. The Morgan fingerprint density at radius 3 is 2.45 bits per heavy atom. The molecule has 0 saturated heterocycles. The predicted octanol–water partition coefficient (Wildman–Crippen LogP) is 3.02. The highest BCUT2D eigenvalue weighted by molar-refractivity contribution is 6.31. The molecule has 1 atom stereocenters. The van der Waals surface area contributed by atoms with Crippen LogP contribution in [-0.2, 0) is 12.8 Å². The molecular weight excluding hydrogens is 274 g/mol. The Bertz CT molecular complexity index is 563. The van der Waals surface area contributed by atoms with Crippen molar-refractivity contribution in [2.24, 2.45) is 5.41 Å². The number of nitrogens with one attached hydrogen (secondary N) is 1. The van der Waals surface area contributed by atoms with Crippen LogP contribution < -0.4 is 0 Å². The van der Waals surface area contributed by atoms with Crippen LogP contribution in [0.3, 0.4) is 0 Å². The molecule has 0 bridgehead atoms. The van der Waals surface area contributed by atoms with E-state index < -0.39 is 5.60 Å². The molecule has 0 aliphatic heterocycles. The predicted molar refractivity (Wildman–Crippen MR) is 79.6 cm³/mol. The van der Waals surface area contributed by atoms with Gasteiger partial charge in [0.15, 0.2) is 0 Å². The lowest BCUT2D eigenvalue weighted by Crippen LogP contribution is -2.47. The van der Waals surface area contributed by atoms with Gasteiger partial charge < -0.3 is 5.11 Å². The van der Waals surface area contributed by atoms with E-state index in [9.17, 15) is 5.11 Å². The first-order valence-corrected chi connectivity index (χ1v) is 7.01. The number of aliphatic hydroxyl groups is 1. The molecule has 108 valence electrons. The first kappa shape index (κ1) is 15.0. The number of rotatable bonds is 4. The van der Waals surface area contributed by atoms with Gasteiger partial charge in [0.05, 0.1) is 11.3 Å². The Morgan fingerprint density at radius 2 is 1.90 bits per heavy atom. The zero-order valence-corrected chi connectivity index (χ0v) is 12.8. The van der Waals surface area contributed by atoms with Gasteiger partial charge in [-0.25, -0.2) is 0 Å². The van der Waals surface area contributed by atoms with E-state index in [-0.39, 0.29) is 5.41 Å². The molecule has 0 aliphatic rings. The maximum absolute atomic E-state index is 11.2. The zero-order valence-electron chi connectivity index (χ0n) is 12.0. The lowest BCUT2D eigenvalue weighted by Gasteiger charge is -2.40. The van der Waals surface area contributed by atoms with Gasteiger partial charge in [0, 0.05) is 24.1 Å². The van der Waals surface area contributed by atoms with Crippen molar-refractivity contribution < 1.29 is 5.11 Å². The second kappa shape index (κ2) is 5.54. The normalized spacial score (nSPS) is 15.1. The van der Waals surface area contributed by atoms with Crippen LogP contribution in [0, 0.1) is 5.41 Å². The third-order valence-electron chi connectivity index (χ3n) is 3.78. The van der Waals surface area contributed by atoms with E-state index in [0.29, 0.717) is 17.9 Å². The summed E-state index contributed by atoms with van der Waals surface area (Å²) in [4.78, 5) is 0. The van der Waals surface area contributed by atoms with Gasteiger partial charge in [-0.2, -0.15) is 0 Å². The Morgan fingerprint density at radius 1 is 1.20 bits per heavy atom. The number of aromatic nitrogens is 3. The number of halogens is 1. The van der Waals surface area contributed by atoms with Gasteiger partial charge in [-0.05, 0) is 17.0 Å². The quantitative estimate of drug-likeness (QED) is 0.911. The van der Waals surface area contributed by atoms with E-state index in [4.69, 9.17) is 11.6 Å². The smallest absolute Gasteiger partial charge is 0.0853 e. The largest absolute Gasteiger partial charge is 0.389 e. The van der Waals surface area contributed by atoms with E-state index in [1.54, 1.807) is 6.20 Å². The van der Waals surface area contributed by atoms with Gasteiger partial charge >= 0.3 is 0 Å². The minimum atomic E-state index is -0.950. The van der Waals surface area contributed by atoms with Crippen molar-refractivity contribution in [3.63, 3.8) is 0 Å². The van der Waals surface area contributed by atoms with Crippen molar-refractivity contribution in [3.05, 3.63) is 46.7 Å². The van der Waals surface area contributed by atoms with Gasteiger partial charge in [0.1, 0.15) is 0 Å². The summed E-state index contributed by atoms with van der Waals surface area (Å²) in [5, 5.41) is 22.2. The van der Waals surface area contributed by atoms with Crippen LogP contribution in [0.2, 0.25) is 5.02 Å². The van der Waals surface area contributed by atoms with Crippen molar-refractivity contribution in [2.75, 3.05) is 0 Å². The molecule has 4 nitrogen and oxygen atoms in total. The van der Waals surface area contributed by atoms with Gasteiger partial charge in [0.25, 0.3) is 0 Å². The second-order valence-corrected chi connectivity index (χ2v) is 6.60. The number of aromatic amines is 1. The Kier molecular flexibility index (Phi) is 4.16.